The van der Waals surface area contributed by atoms with Crippen LogP contribution in [0.25, 0.3) is 0 Å². The largest absolute Gasteiger partial charge is 0.536 e. The molecule has 0 saturated carbocycles. The minimum absolute atomic E-state index is 0.486. The predicted molar refractivity (Wildman–Crippen MR) is 12.8 cm³/mol. The molecule has 0 bridgehead atoms. The maximum Gasteiger partial charge on any atom is 0.536 e. The molecule has 0 atom stereocenters. The van der Waals surface area contributed by atoms with Gasteiger partial charge in [0.05, 0.1) is 0 Å². The van der Waals surface area contributed by atoms with Gasteiger partial charge in [-0.25, -0.2) is 0 Å². The van der Waals surface area contributed by atoms with Gasteiger partial charge < -0.3 is 5.11 Å². The quantitative estimate of drug-likeness (QED) is 0.397. The molecular formula is C2H3O2+. The van der Waals surface area contributed by atoms with E-state index in [2.05, 4.69) is 0 Å². The van der Waals surface area contributed by atoms with Crippen LogP contribution in [0.5, 0.6) is 0 Å². The Morgan fingerprint density at radius 3 is 2.25 bits per heavy atom. The summed E-state index contributed by atoms with van der Waals surface area (Å²) in [5.41, 5.74) is 0. The molecule has 0 amide bonds. The summed E-state index contributed by atoms with van der Waals surface area (Å²) in [6.45, 7) is -0.486. The SMILES string of the molecule is O=[C+]CO. The van der Waals surface area contributed by atoms with Gasteiger partial charge in [0.25, 0.3) is 0 Å². The lowest BCUT2D eigenvalue weighted by molar-refractivity contribution is 0.346. The summed E-state index contributed by atoms with van der Waals surface area (Å²) in [5, 5.41) is 7.45. The Kier molecular flexibility index (Phi) is 2.25. The monoisotopic (exact) mass is 59.0 g/mol. The van der Waals surface area contributed by atoms with Gasteiger partial charge in [0.1, 0.15) is 0 Å². The minimum Gasteiger partial charge on any atom is -0.345 e. The van der Waals surface area contributed by atoms with Crippen molar-refractivity contribution >= 4 is 6.29 Å². The van der Waals surface area contributed by atoms with Crippen LogP contribution < -0.4 is 0 Å². The van der Waals surface area contributed by atoms with Gasteiger partial charge in [-0.05, 0) is 0 Å². The Bertz CT molecular complexity index is 18.0. The van der Waals surface area contributed by atoms with Crippen LogP contribution >= 0.6 is 0 Å². The van der Waals surface area contributed by atoms with E-state index in [1.54, 1.807) is 0 Å². The van der Waals surface area contributed by atoms with E-state index in [9.17, 15) is 0 Å². The van der Waals surface area contributed by atoms with Crippen molar-refractivity contribution in [2.75, 3.05) is 6.61 Å². The Labute approximate surface area is 24.1 Å². The fourth-order valence-corrected chi connectivity index (χ4v) is 0. The van der Waals surface area contributed by atoms with E-state index >= 15 is 0 Å². The maximum atomic E-state index is 8.80. The van der Waals surface area contributed by atoms with Gasteiger partial charge in [0.15, 0.2) is 0 Å². The van der Waals surface area contributed by atoms with Crippen molar-refractivity contribution in [2.45, 2.75) is 0 Å². The van der Waals surface area contributed by atoms with Crippen LogP contribution in [0.15, 0.2) is 0 Å². The molecule has 0 aliphatic carbocycles. The number of hydrogen-bond acceptors (Lipinski definition) is 2. The first-order chi connectivity index (χ1) is 1.91. The molecule has 0 aromatic rings. The smallest absolute Gasteiger partial charge is 0.345 e. The van der Waals surface area contributed by atoms with Crippen LogP contribution in [-0.4, -0.2) is 18.0 Å². The maximum absolute atomic E-state index is 8.80. The summed E-state index contributed by atoms with van der Waals surface area (Å²) >= 11 is 0. The second-order valence-corrected chi connectivity index (χ2v) is 0.302. The highest BCUT2D eigenvalue weighted by atomic mass is 16.3. The molecule has 0 fully saturated rings. The first-order valence-electron chi connectivity index (χ1n) is 0.874. The van der Waals surface area contributed by atoms with E-state index in [-0.39, 0.29) is 0 Å². The second kappa shape index (κ2) is 2.54. The molecule has 0 unspecified atom stereocenters. The predicted octanol–water partition coefficient (Wildman–Crippen LogP) is -0.912. The molecule has 2 heteroatoms. The van der Waals surface area contributed by atoms with E-state index in [1.165, 1.54) is 6.29 Å². The Hall–Kier alpha value is -0.460. The molecule has 2 nitrogen and oxygen atoms in total. The van der Waals surface area contributed by atoms with Gasteiger partial charge in [-0.15, -0.1) is 0 Å². The van der Waals surface area contributed by atoms with E-state index in [1.807, 2.05) is 0 Å². The van der Waals surface area contributed by atoms with Gasteiger partial charge in [-0.1, -0.05) is 0 Å². The average molecular weight is 59.0 g/mol. The highest BCUT2D eigenvalue weighted by molar-refractivity contribution is 5.51. The molecule has 0 radical (unpaired) electrons. The van der Waals surface area contributed by atoms with Crippen molar-refractivity contribution in [2.24, 2.45) is 0 Å². The Balaban J connectivity index is 2.30. The third kappa shape index (κ3) is 1.54. The summed E-state index contributed by atoms with van der Waals surface area (Å²) in [6, 6.07) is 0. The van der Waals surface area contributed by atoms with Gasteiger partial charge >= 0.3 is 12.9 Å². The zero-order valence-corrected chi connectivity index (χ0v) is 2.06. The number of rotatable bonds is 1. The van der Waals surface area contributed by atoms with Crippen LogP contribution in [0.4, 0.5) is 0 Å². The van der Waals surface area contributed by atoms with E-state index < -0.39 is 6.61 Å². The summed E-state index contributed by atoms with van der Waals surface area (Å²) in [4.78, 5) is 8.80. The van der Waals surface area contributed by atoms with Crippen LogP contribution in [-0.2, 0) is 4.79 Å². The van der Waals surface area contributed by atoms with Gasteiger partial charge in [-0.2, -0.15) is 0 Å². The van der Waals surface area contributed by atoms with E-state index in [0.717, 1.165) is 0 Å². The molecule has 0 aromatic heterocycles. The molecule has 1 N–H and O–H groups in total. The number of aliphatic hydroxyl groups is 1. The van der Waals surface area contributed by atoms with Crippen molar-refractivity contribution in [1.29, 1.82) is 0 Å². The molecular weight excluding hydrogens is 56.0 g/mol. The van der Waals surface area contributed by atoms with Crippen LogP contribution in [0.1, 0.15) is 0 Å². The van der Waals surface area contributed by atoms with Crippen molar-refractivity contribution < 1.29 is 9.90 Å². The van der Waals surface area contributed by atoms with Crippen molar-refractivity contribution in [1.82, 2.24) is 0 Å². The first-order valence-corrected chi connectivity index (χ1v) is 0.874. The highest BCUT2D eigenvalue weighted by Gasteiger charge is 1.80. The first kappa shape index (κ1) is 3.54. The zero-order chi connectivity index (χ0) is 3.41. The molecule has 0 aliphatic rings. The highest BCUT2D eigenvalue weighted by Crippen LogP contribution is 1.28. The van der Waals surface area contributed by atoms with Crippen LogP contribution in [0.3, 0.4) is 0 Å². The third-order valence-corrected chi connectivity index (χ3v) is 0.0645. The average Bonchev–Trinajstić information content (AvgIpc) is 1.37. The topological polar surface area (TPSA) is 37.3 Å². The number of carbonyl (C=O) groups excluding carboxylic acids is 1. The lowest BCUT2D eigenvalue weighted by Gasteiger charge is -1.34. The molecule has 22 valence electrons. The Morgan fingerprint density at radius 2 is 2.25 bits per heavy atom. The summed E-state index contributed by atoms with van der Waals surface area (Å²) in [5.74, 6) is 0. The summed E-state index contributed by atoms with van der Waals surface area (Å²) < 4.78 is 0. The molecule has 0 aromatic carbocycles. The fraction of sp³-hybridized carbons (Fsp3) is 0.500. The van der Waals surface area contributed by atoms with Gasteiger partial charge in [0, 0.05) is 4.79 Å². The number of hydrogen-bond donors (Lipinski definition) is 1. The van der Waals surface area contributed by atoms with Crippen molar-refractivity contribution in [3.8, 4) is 0 Å². The Morgan fingerprint density at radius 1 is 2.00 bits per heavy atom. The lowest BCUT2D eigenvalue weighted by atomic mass is 10.9. The molecule has 4 heavy (non-hydrogen) atoms. The normalized spacial score (nSPS) is 5.25. The molecule has 0 rings (SSSR count). The molecule has 0 aliphatic heterocycles. The molecule has 0 heterocycles. The van der Waals surface area contributed by atoms with E-state index in [0.29, 0.717) is 0 Å². The minimum atomic E-state index is -0.486. The lowest BCUT2D eigenvalue weighted by Crippen LogP contribution is -1.75. The summed E-state index contributed by atoms with van der Waals surface area (Å²) in [7, 11) is 0. The fourth-order valence-electron chi connectivity index (χ4n) is 0. The van der Waals surface area contributed by atoms with Gasteiger partial charge in [0.2, 0.25) is 0 Å². The van der Waals surface area contributed by atoms with Crippen molar-refractivity contribution in [3.63, 3.8) is 0 Å². The standard InChI is InChI=1S/C2H3O2/c3-1-2-4/h3H,1H2/q+1. The molecule has 0 saturated heterocycles. The van der Waals surface area contributed by atoms with Crippen molar-refractivity contribution in [3.05, 3.63) is 0 Å². The van der Waals surface area contributed by atoms with Crippen LogP contribution in [0.2, 0.25) is 0 Å². The second-order valence-electron chi connectivity index (χ2n) is 0.302. The van der Waals surface area contributed by atoms with Gasteiger partial charge in [-0.3, -0.25) is 0 Å². The molecule has 0 spiro atoms. The zero-order valence-electron chi connectivity index (χ0n) is 2.06. The van der Waals surface area contributed by atoms with Crippen LogP contribution in [0, 0.1) is 0 Å². The van der Waals surface area contributed by atoms with E-state index in [4.69, 9.17) is 9.90 Å². The summed E-state index contributed by atoms with van der Waals surface area (Å²) in [6.07, 6.45) is 1.24. The number of aliphatic hydroxyl groups excluding tert-OH is 1. The third-order valence-electron chi connectivity index (χ3n) is 0.0645.